The Balaban J connectivity index is 1.41. The smallest absolute Gasteiger partial charge is 0.318 e. The number of urea groups is 1. The SMILES string of the molecule is CC(C)(C)NC(=O)N1CCc2c(-c3cncc(C(C)(C)O)c3)ccc(CNC(=O)C3CC3c3ccccc3)c2C1. The van der Waals surface area contributed by atoms with Gasteiger partial charge in [0.25, 0.3) is 0 Å². The molecule has 2 unspecified atom stereocenters. The molecule has 2 aromatic carbocycles. The number of aromatic nitrogens is 1. The molecule has 1 aliphatic heterocycles. The lowest BCUT2D eigenvalue weighted by molar-refractivity contribution is -0.122. The molecule has 1 aliphatic carbocycles. The molecule has 3 amide bonds. The van der Waals surface area contributed by atoms with Crippen LogP contribution in [0.25, 0.3) is 11.1 Å². The maximum atomic E-state index is 13.1. The van der Waals surface area contributed by atoms with Gasteiger partial charge in [0.05, 0.1) is 5.60 Å². The van der Waals surface area contributed by atoms with E-state index in [2.05, 4.69) is 39.9 Å². The van der Waals surface area contributed by atoms with Gasteiger partial charge < -0.3 is 20.6 Å². The third-order valence-corrected chi connectivity index (χ3v) is 7.84. The molecular weight excluding hydrogens is 500 g/mol. The van der Waals surface area contributed by atoms with Crippen LogP contribution in [0.1, 0.15) is 74.8 Å². The van der Waals surface area contributed by atoms with Crippen molar-refractivity contribution in [2.24, 2.45) is 5.92 Å². The van der Waals surface area contributed by atoms with Crippen LogP contribution < -0.4 is 10.6 Å². The normalized spacial score (nSPS) is 18.6. The predicted octanol–water partition coefficient (Wildman–Crippen LogP) is 5.26. The Morgan fingerprint density at radius 1 is 1.02 bits per heavy atom. The average molecular weight is 541 g/mol. The van der Waals surface area contributed by atoms with E-state index < -0.39 is 5.60 Å². The van der Waals surface area contributed by atoms with E-state index in [1.807, 2.05) is 56.1 Å². The second-order valence-corrected chi connectivity index (χ2v) is 12.7. The van der Waals surface area contributed by atoms with Crippen molar-refractivity contribution in [1.29, 1.82) is 0 Å². The minimum atomic E-state index is -1.00. The highest BCUT2D eigenvalue weighted by Crippen LogP contribution is 2.47. The molecule has 3 N–H and O–H groups in total. The Bertz CT molecular complexity index is 1410. The third kappa shape index (κ3) is 6.20. The second kappa shape index (κ2) is 10.7. The molecule has 5 rings (SSSR count). The number of amides is 3. The van der Waals surface area contributed by atoms with E-state index in [9.17, 15) is 14.7 Å². The first kappa shape index (κ1) is 27.8. The minimum Gasteiger partial charge on any atom is -0.386 e. The standard InChI is InChI=1S/C33H40N4O3/c1-32(2,3)36-31(39)37-14-13-26-25(23-15-24(19-34-17-23)33(4,5)40)12-11-22(29(26)20-37)18-35-30(38)28-16-27(28)21-9-7-6-8-10-21/h6-12,15,17,19,27-28,40H,13-14,16,18,20H2,1-5H3,(H,35,38)(H,36,39). The monoisotopic (exact) mass is 540 g/mol. The Labute approximate surface area is 237 Å². The molecule has 0 radical (unpaired) electrons. The quantitative estimate of drug-likeness (QED) is 0.397. The summed E-state index contributed by atoms with van der Waals surface area (Å²) in [6.45, 7) is 10.9. The van der Waals surface area contributed by atoms with Crippen LogP contribution in [0.5, 0.6) is 0 Å². The Kier molecular flexibility index (Phi) is 7.44. The van der Waals surface area contributed by atoms with Gasteiger partial charge >= 0.3 is 6.03 Å². The van der Waals surface area contributed by atoms with Crippen LogP contribution in [0.3, 0.4) is 0 Å². The van der Waals surface area contributed by atoms with Crippen molar-refractivity contribution >= 4 is 11.9 Å². The number of nitrogens with one attached hydrogen (secondary N) is 2. The molecular formula is C33H40N4O3. The van der Waals surface area contributed by atoms with Gasteiger partial charge in [0.15, 0.2) is 0 Å². The number of aliphatic hydroxyl groups is 1. The number of carbonyl (C=O) groups excluding carboxylic acids is 2. The molecule has 1 aromatic heterocycles. The van der Waals surface area contributed by atoms with E-state index in [0.717, 1.165) is 39.8 Å². The van der Waals surface area contributed by atoms with Crippen LogP contribution in [-0.2, 0) is 29.9 Å². The van der Waals surface area contributed by atoms with Crippen LogP contribution in [0, 0.1) is 5.92 Å². The van der Waals surface area contributed by atoms with E-state index in [1.165, 1.54) is 5.56 Å². The van der Waals surface area contributed by atoms with E-state index in [4.69, 9.17) is 0 Å². The van der Waals surface area contributed by atoms with Crippen molar-refractivity contribution in [2.45, 2.75) is 77.6 Å². The molecule has 7 nitrogen and oxygen atoms in total. The summed E-state index contributed by atoms with van der Waals surface area (Å²) in [5.74, 6) is 0.360. The van der Waals surface area contributed by atoms with E-state index in [-0.39, 0.29) is 29.3 Å². The lowest BCUT2D eigenvalue weighted by Crippen LogP contribution is -2.50. The highest BCUT2D eigenvalue weighted by atomic mass is 16.3. The molecule has 210 valence electrons. The molecule has 2 aliphatic rings. The molecule has 0 saturated heterocycles. The van der Waals surface area contributed by atoms with E-state index in [0.29, 0.717) is 26.1 Å². The molecule has 2 heterocycles. The molecule has 0 spiro atoms. The topological polar surface area (TPSA) is 94.6 Å². The van der Waals surface area contributed by atoms with Gasteiger partial charge in [-0.1, -0.05) is 42.5 Å². The summed E-state index contributed by atoms with van der Waals surface area (Å²) in [4.78, 5) is 32.4. The highest BCUT2D eigenvalue weighted by molar-refractivity contribution is 5.83. The number of pyridine rings is 1. The maximum absolute atomic E-state index is 13.1. The summed E-state index contributed by atoms with van der Waals surface area (Å²) < 4.78 is 0. The summed E-state index contributed by atoms with van der Waals surface area (Å²) in [6, 6.07) is 16.2. The van der Waals surface area contributed by atoms with Gasteiger partial charge in [-0.3, -0.25) is 9.78 Å². The van der Waals surface area contributed by atoms with Crippen molar-refractivity contribution in [1.82, 2.24) is 20.5 Å². The number of nitrogens with zero attached hydrogens (tertiary/aromatic N) is 2. The predicted molar refractivity (Wildman–Crippen MR) is 156 cm³/mol. The summed E-state index contributed by atoms with van der Waals surface area (Å²) in [7, 11) is 0. The van der Waals surface area contributed by atoms with Gasteiger partial charge in [-0.05, 0) is 87.3 Å². The lowest BCUT2D eigenvalue weighted by atomic mass is 9.87. The molecule has 7 heteroatoms. The van der Waals surface area contributed by atoms with Gasteiger partial charge in [-0.15, -0.1) is 0 Å². The first-order valence-corrected chi connectivity index (χ1v) is 14.1. The third-order valence-electron chi connectivity index (χ3n) is 7.84. The number of benzene rings is 2. The average Bonchev–Trinajstić information content (AvgIpc) is 3.72. The van der Waals surface area contributed by atoms with Crippen molar-refractivity contribution < 1.29 is 14.7 Å². The summed E-state index contributed by atoms with van der Waals surface area (Å²) in [5.41, 5.74) is 5.85. The molecule has 2 atom stereocenters. The summed E-state index contributed by atoms with van der Waals surface area (Å²) in [5, 5.41) is 16.8. The highest BCUT2D eigenvalue weighted by Gasteiger charge is 2.43. The van der Waals surface area contributed by atoms with Crippen LogP contribution in [0.2, 0.25) is 0 Å². The maximum Gasteiger partial charge on any atom is 0.318 e. The minimum absolute atomic E-state index is 0.00205. The second-order valence-electron chi connectivity index (χ2n) is 12.7. The zero-order chi connectivity index (χ0) is 28.7. The first-order valence-electron chi connectivity index (χ1n) is 14.1. The van der Waals surface area contributed by atoms with E-state index >= 15 is 0 Å². The Hall–Kier alpha value is -3.71. The Morgan fingerprint density at radius 3 is 2.48 bits per heavy atom. The number of hydrogen-bond acceptors (Lipinski definition) is 4. The number of rotatable bonds is 6. The van der Waals surface area contributed by atoms with Crippen molar-refractivity contribution in [2.75, 3.05) is 6.54 Å². The van der Waals surface area contributed by atoms with Gasteiger partial charge in [0.1, 0.15) is 0 Å². The summed E-state index contributed by atoms with van der Waals surface area (Å²) >= 11 is 0. The number of hydrogen-bond donors (Lipinski definition) is 3. The lowest BCUT2D eigenvalue weighted by Gasteiger charge is -2.34. The van der Waals surface area contributed by atoms with E-state index in [1.54, 1.807) is 20.0 Å². The van der Waals surface area contributed by atoms with Gasteiger partial charge in [-0.25, -0.2) is 4.79 Å². The van der Waals surface area contributed by atoms with Crippen molar-refractivity contribution in [3.8, 4) is 11.1 Å². The fourth-order valence-corrected chi connectivity index (χ4v) is 5.54. The zero-order valence-electron chi connectivity index (χ0n) is 24.1. The molecule has 0 bridgehead atoms. The van der Waals surface area contributed by atoms with Gasteiger partial charge in [0, 0.05) is 54.6 Å². The van der Waals surface area contributed by atoms with Crippen LogP contribution in [0.4, 0.5) is 4.79 Å². The number of carbonyl (C=O) groups is 2. The van der Waals surface area contributed by atoms with Crippen LogP contribution >= 0.6 is 0 Å². The first-order chi connectivity index (χ1) is 18.9. The van der Waals surface area contributed by atoms with Crippen LogP contribution in [-0.4, -0.2) is 39.0 Å². The van der Waals surface area contributed by atoms with Crippen molar-refractivity contribution in [3.63, 3.8) is 0 Å². The fourth-order valence-electron chi connectivity index (χ4n) is 5.54. The molecule has 3 aromatic rings. The Morgan fingerprint density at radius 2 is 1.77 bits per heavy atom. The largest absolute Gasteiger partial charge is 0.386 e. The molecule has 1 saturated carbocycles. The summed E-state index contributed by atoms with van der Waals surface area (Å²) in [6.07, 6.45) is 5.08. The zero-order valence-corrected chi connectivity index (χ0v) is 24.1. The molecule has 1 fully saturated rings. The fraction of sp³-hybridized carbons (Fsp3) is 0.424. The number of fused-ring (bicyclic) bond motifs is 1. The van der Waals surface area contributed by atoms with Gasteiger partial charge in [0.2, 0.25) is 5.91 Å². The van der Waals surface area contributed by atoms with Crippen molar-refractivity contribution in [3.05, 3.63) is 88.7 Å². The van der Waals surface area contributed by atoms with Gasteiger partial charge in [-0.2, -0.15) is 0 Å². The van der Waals surface area contributed by atoms with Crippen LogP contribution in [0.15, 0.2) is 60.9 Å². The molecule has 40 heavy (non-hydrogen) atoms.